The first-order chi connectivity index (χ1) is 16.2. The van der Waals surface area contributed by atoms with Crippen LogP contribution in [0.2, 0.25) is 0 Å². The molecule has 1 amide bonds. The van der Waals surface area contributed by atoms with Crippen LogP contribution in [0.3, 0.4) is 0 Å². The molecule has 4 rings (SSSR count). The number of nitrogens with one attached hydrogen (secondary N) is 1. The summed E-state index contributed by atoms with van der Waals surface area (Å²) in [6.45, 7) is 1.91. The molecule has 2 aromatic carbocycles. The van der Waals surface area contributed by atoms with Crippen LogP contribution in [-0.2, 0) is 27.4 Å². The van der Waals surface area contributed by atoms with Crippen LogP contribution in [0.4, 0.5) is 10.1 Å². The minimum atomic E-state index is -3.69. The lowest BCUT2D eigenvalue weighted by atomic mass is 10.2. The second-order valence-corrected chi connectivity index (χ2v) is 10.7. The maximum absolute atomic E-state index is 13.0. The Morgan fingerprint density at radius 1 is 1.12 bits per heavy atom. The number of fused-ring (bicyclic) bond motifs is 1. The first-order valence-electron chi connectivity index (χ1n) is 10.4. The number of sulfone groups is 1. The molecule has 0 saturated heterocycles. The van der Waals surface area contributed by atoms with E-state index in [9.17, 15) is 17.6 Å². The third kappa shape index (κ3) is 5.60. The first-order valence-corrected chi connectivity index (χ1v) is 13.0. The van der Waals surface area contributed by atoms with Crippen molar-refractivity contribution >= 4 is 44.2 Å². The predicted octanol–water partition coefficient (Wildman–Crippen LogP) is 3.91. The molecule has 0 aliphatic carbocycles. The molecular formula is C23H22FN5O3S2. The van der Waals surface area contributed by atoms with Gasteiger partial charge in [0.15, 0.2) is 15.0 Å². The molecule has 0 bridgehead atoms. The topological polar surface area (TPSA) is 107 Å². The van der Waals surface area contributed by atoms with E-state index in [2.05, 4.69) is 20.3 Å². The molecule has 11 heteroatoms. The maximum atomic E-state index is 13.0. The van der Waals surface area contributed by atoms with Crippen molar-refractivity contribution in [2.45, 2.75) is 29.1 Å². The van der Waals surface area contributed by atoms with Crippen LogP contribution in [0.1, 0.15) is 17.9 Å². The molecule has 0 radical (unpaired) electrons. The molecule has 2 heterocycles. The van der Waals surface area contributed by atoms with Gasteiger partial charge in [0.05, 0.1) is 27.4 Å². The van der Waals surface area contributed by atoms with Gasteiger partial charge < -0.3 is 9.88 Å². The van der Waals surface area contributed by atoms with Crippen molar-refractivity contribution in [3.05, 3.63) is 72.1 Å². The molecular weight excluding hydrogens is 477 g/mol. The standard InChI is InChI=1S/C23H22FN5O3S2/c1-15-9-11-25-23(26-15)33-14-21-28-19-13-17(5-8-20(19)29(21)2)27-22(30)10-12-34(31,32)18-6-3-16(24)4-7-18/h3-9,11,13H,10,12,14H2,1-2H3,(H,27,30). The average Bonchev–Trinajstić information content (AvgIpc) is 3.11. The van der Waals surface area contributed by atoms with Crippen LogP contribution in [0, 0.1) is 12.7 Å². The number of hydrogen-bond acceptors (Lipinski definition) is 7. The van der Waals surface area contributed by atoms with E-state index in [1.165, 1.54) is 23.9 Å². The lowest BCUT2D eigenvalue weighted by Gasteiger charge is -2.07. The summed E-state index contributed by atoms with van der Waals surface area (Å²) in [6.07, 6.45) is 1.50. The van der Waals surface area contributed by atoms with Gasteiger partial charge in [-0.1, -0.05) is 11.8 Å². The van der Waals surface area contributed by atoms with Crippen molar-refractivity contribution in [1.82, 2.24) is 19.5 Å². The Bertz CT molecular complexity index is 1450. The van der Waals surface area contributed by atoms with E-state index in [1.807, 2.05) is 30.7 Å². The molecule has 0 unspecified atom stereocenters. The first kappa shape index (κ1) is 23.8. The zero-order valence-corrected chi connectivity index (χ0v) is 20.2. The van der Waals surface area contributed by atoms with Gasteiger partial charge in [-0.2, -0.15) is 0 Å². The van der Waals surface area contributed by atoms with Crippen molar-refractivity contribution in [3.63, 3.8) is 0 Å². The van der Waals surface area contributed by atoms with Crippen molar-refractivity contribution in [2.75, 3.05) is 11.1 Å². The summed E-state index contributed by atoms with van der Waals surface area (Å²) >= 11 is 1.49. The fourth-order valence-electron chi connectivity index (χ4n) is 3.29. The largest absolute Gasteiger partial charge is 0.330 e. The lowest BCUT2D eigenvalue weighted by molar-refractivity contribution is -0.115. The number of carbonyl (C=O) groups excluding carboxylic acids is 1. The zero-order valence-electron chi connectivity index (χ0n) is 18.5. The van der Waals surface area contributed by atoms with E-state index in [0.29, 0.717) is 22.1 Å². The number of anilines is 1. The summed E-state index contributed by atoms with van der Waals surface area (Å²) in [5.41, 5.74) is 3.03. The highest BCUT2D eigenvalue weighted by Gasteiger charge is 2.17. The highest BCUT2D eigenvalue weighted by atomic mass is 32.2. The highest BCUT2D eigenvalue weighted by molar-refractivity contribution is 7.98. The molecule has 176 valence electrons. The van der Waals surface area contributed by atoms with Crippen molar-refractivity contribution in [3.8, 4) is 0 Å². The monoisotopic (exact) mass is 499 g/mol. The quantitative estimate of drug-likeness (QED) is 0.223. The number of imidazole rings is 1. The van der Waals surface area contributed by atoms with Crippen molar-refractivity contribution in [2.24, 2.45) is 7.05 Å². The molecule has 0 saturated carbocycles. The average molecular weight is 500 g/mol. The van der Waals surface area contributed by atoms with E-state index >= 15 is 0 Å². The number of aryl methyl sites for hydroxylation is 2. The summed E-state index contributed by atoms with van der Waals surface area (Å²) in [6, 6.07) is 11.7. The van der Waals surface area contributed by atoms with Gasteiger partial charge in [-0.05, 0) is 55.5 Å². The van der Waals surface area contributed by atoms with Gasteiger partial charge in [-0.3, -0.25) is 4.79 Å². The number of aromatic nitrogens is 4. The highest BCUT2D eigenvalue weighted by Crippen LogP contribution is 2.24. The molecule has 2 aromatic heterocycles. The van der Waals surface area contributed by atoms with Crippen LogP contribution in [0.5, 0.6) is 0 Å². The van der Waals surface area contributed by atoms with Gasteiger partial charge in [-0.25, -0.2) is 27.8 Å². The number of rotatable bonds is 8. The van der Waals surface area contributed by atoms with Gasteiger partial charge in [0.2, 0.25) is 5.91 Å². The second kappa shape index (κ2) is 9.90. The molecule has 0 fully saturated rings. The van der Waals surface area contributed by atoms with E-state index in [-0.39, 0.29) is 17.1 Å². The summed E-state index contributed by atoms with van der Waals surface area (Å²) in [5, 5.41) is 3.40. The third-order valence-corrected chi connectivity index (χ3v) is 7.72. The number of thioether (sulfide) groups is 1. The SMILES string of the molecule is Cc1ccnc(SCc2nc3cc(NC(=O)CCS(=O)(=O)c4ccc(F)cc4)ccc3n2C)n1. The number of halogens is 1. The number of hydrogen-bond donors (Lipinski definition) is 1. The summed E-state index contributed by atoms with van der Waals surface area (Å²) in [5.74, 6) is 0.0789. The molecule has 0 aliphatic heterocycles. The van der Waals surface area contributed by atoms with Crippen LogP contribution >= 0.6 is 11.8 Å². The Hall–Kier alpha value is -3.31. The number of nitrogens with zero attached hydrogens (tertiary/aromatic N) is 4. The maximum Gasteiger partial charge on any atom is 0.225 e. The van der Waals surface area contributed by atoms with Crippen LogP contribution in [0.25, 0.3) is 11.0 Å². The van der Waals surface area contributed by atoms with E-state index in [4.69, 9.17) is 0 Å². The summed E-state index contributed by atoms with van der Waals surface area (Å²) in [4.78, 5) is 25.6. The van der Waals surface area contributed by atoms with Crippen LogP contribution < -0.4 is 5.32 Å². The van der Waals surface area contributed by atoms with Crippen molar-refractivity contribution < 1.29 is 17.6 Å². The van der Waals surface area contributed by atoms with E-state index < -0.39 is 21.6 Å². The molecule has 1 N–H and O–H groups in total. The Kier molecular flexibility index (Phi) is 6.94. The predicted molar refractivity (Wildman–Crippen MR) is 129 cm³/mol. The zero-order chi connectivity index (χ0) is 24.3. The Morgan fingerprint density at radius 3 is 2.62 bits per heavy atom. The summed E-state index contributed by atoms with van der Waals surface area (Å²) in [7, 11) is -1.77. The second-order valence-electron chi connectivity index (χ2n) is 7.63. The third-order valence-electron chi connectivity index (χ3n) is 5.13. The van der Waals surface area contributed by atoms with Gasteiger partial charge in [0.1, 0.15) is 11.6 Å². The number of carbonyl (C=O) groups is 1. The molecule has 4 aromatic rings. The van der Waals surface area contributed by atoms with Crippen molar-refractivity contribution in [1.29, 1.82) is 0 Å². The molecule has 0 spiro atoms. The van der Waals surface area contributed by atoms with Gasteiger partial charge in [0.25, 0.3) is 0 Å². The number of benzene rings is 2. The number of amides is 1. The minimum absolute atomic E-state index is 0.0157. The lowest BCUT2D eigenvalue weighted by Crippen LogP contribution is -2.17. The smallest absolute Gasteiger partial charge is 0.225 e. The molecule has 8 nitrogen and oxygen atoms in total. The normalized spacial score (nSPS) is 11.6. The van der Waals surface area contributed by atoms with E-state index in [0.717, 1.165) is 29.2 Å². The Morgan fingerprint density at radius 2 is 1.88 bits per heavy atom. The summed E-state index contributed by atoms with van der Waals surface area (Å²) < 4.78 is 39.7. The molecule has 0 atom stereocenters. The van der Waals surface area contributed by atoms with E-state index in [1.54, 1.807) is 18.3 Å². The van der Waals surface area contributed by atoms with Gasteiger partial charge in [-0.15, -0.1) is 0 Å². The minimum Gasteiger partial charge on any atom is -0.330 e. The van der Waals surface area contributed by atoms with Gasteiger partial charge in [0, 0.05) is 31.0 Å². The molecule has 0 aliphatic rings. The van der Waals surface area contributed by atoms with Gasteiger partial charge >= 0.3 is 0 Å². The Balaban J connectivity index is 1.40. The van der Waals surface area contributed by atoms with Crippen LogP contribution in [-0.4, -0.2) is 39.6 Å². The molecule has 34 heavy (non-hydrogen) atoms. The fourth-order valence-corrected chi connectivity index (χ4v) is 5.39. The Labute approximate surface area is 200 Å². The fraction of sp³-hybridized carbons (Fsp3) is 0.217. The van der Waals surface area contributed by atoms with Crippen LogP contribution in [0.15, 0.2) is 64.8 Å².